The number of aliphatic hydroxyl groups is 1. The van der Waals surface area contributed by atoms with E-state index in [0.29, 0.717) is 0 Å². The van der Waals surface area contributed by atoms with E-state index in [1.807, 2.05) is 52.3 Å². The summed E-state index contributed by atoms with van der Waals surface area (Å²) in [5.41, 5.74) is 5.82. The molecule has 1 N–H and O–H groups in total. The molecule has 0 aliphatic carbocycles. The summed E-state index contributed by atoms with van der Waals surface area (Å²) in [4.78, 5) is 34.4. The Kier molecular flexibility index (Phi) is 11.5. The highest BCUT2D eigenvalue weighted by Gasteiger charge is 2.42. The van der Waals surface area contributed by atoms with Crippen LogP contribution in [0.2, 0.25) is 0 Å². The van der Waals surface area contributed by atoms with Crippen LogP contribution in [-0.2, 0) is 14.3 Å². The third-order valence-electron chi connectivity index (χ3n) is 8.06. The van der Waals surface area contributed by atoms with Crippen LogP contribution in [-0.4, -0.2) is 56.2 Å². The summed E-state index contributed by atoms with van der Waals surface area (Å²) >= 11 is 3.81. The molecule has 3 rings (SSSR count). The van der Waals surface area contributed by atoms with Gasteiger partial charge >= 0.3 is 0 Å². The minimum absolute atomic E-state index is 0.00545. The number of alkyl halides is 2. The summed E-state index contributed by atoms with van der Waals surface area (Å²) in [5.74, 6) is -2.34. The van der Waals surface area contributed by atoms with Crippen molar-refractivity contribution in [2.75, 3.05) is 7.05 Å². The molecule has 1 amide bonds. The first kappa shape index (κ1) is 32.1. The predicted molar refractivity (Wildman–Crippen MR) is 163 cm³/mol. The number of halogens is 2. The number of Topliss-reactive ketones (excluding diaryl/α,β-unsaturated/α-hetero) is 1. The highest BCUT2D eigenvalue weighted by molar-refractivity contribution is 14.1. The molecule has 2 heterocycles. The van der Waals surface area contributed by atoms with Gasteiger partial charge in [-0.1, -0.05) is 61.6 Å². The fourth-order valence-electron chi connectivity index (χ4n) is 5.60. The van der Waals surface area contributed by atoms with Crippen LogP contribution in [0.3, 0.4) is 0 Å². The number of ketones is 1. The molecule has 0 radical (unpaired) electrons. The zero-order valence-corrected chi connectivity index (χ0v) is 27.0. The van der Waals surface area contributed by atoms with Gasteiger partial charge in [0.1, 0.15) is 16.1 Å². The minimum atomic E-state index is -1.84. The summed E-state index contributed by atoms with van der Waals surface area (Å²) in [6.45, 7) is 11.5. The van der Waals surface area contributed by atoms with Gasteiger partial charge in [-0.15, -0.1) is 11.3 Å². The van der Waals surface area contributed by atoms with Crippen LogP contribution >= 0.6 is 33.9 Å². The Balaban J connectivity index is 1.84. The van der Waals surface area contributed by atoms with Gasteiger partial charge in [-0.2, -0.15) is 0 Å². The van der Waals surface area contributed by atoms with Crippen LogP contribution < -0.4 is 0 Å². The molecule has 1 aliphatic rings. The van der Waals surface area contributed by atoms with Crippen molar-refractivity contribution in [3.8, 4) is 10.4 Å². The number of carbonyl (C=O) groups excluding carboxylic acids is 2. The normalized spacial score (nSPS) is 21.4. The van der Waals surface area contributed by atoms with Crippen molar-refractivity contribution >= 4 is 45.6 Å². The zero-order valence-electron chi connectivity index (χ0n) is 24.0. The fourth-order valence-corrected chi connectivity index (χ4v) is 7.14. The van der Waals surface area contributed by atoms with Gasteiger partial charge in [0, 0.05) is 19.4 Å². The van der Waals surface area contributed by atoms with Crippen molar-refractivity contribution in [2.45, 2.75) is 95.8 Å². The van der Waals surface area contributed by atoms with Crippen molar-refractivity contribution < 1.29 is 23.8 Å². The molecule has 0 bridgehead atoms. The minimum Gasteiger partial charge on any atom is -0.390 e. The highest BCUT2D eigenvalue weighted by Crippen LogP contribution is 2.36. The molecule has 6 nitrogen and oxygen atoms in total. The maximum absolute atomic E-state index is 15.6. The predicted octanol–water partition coefficient (Wildman–Crippen LogP) is 6.84. The van der Waals surface area contributed by atoms with Gasteiger partial charge in [0.2, 0.25) is 5.91 Å². The average Bonchev–Trinajstić information content (AvgIpc) is 3.52. The number of thiazole rings is 1. The van der Waals surface area contributed by atoms with Crippen molar-refractivity contribution in [1.82, 2.24) is 9.88 Å². The van der Waals surface area contributed by atoms with E-state index >= 15 is 4.39 Å². The lowest BCUT2D eigenvalue weighted by Crippen LogP contribution is -2.45. The molecule has 1 fully saturated rings. The van der Waals surface area contributed by atoms with E-state index in [9.17, 15) is 14.7 Å². The van der Waals surface area contributed by atoms with Crippen LogP contribution in [0.15, 0.2) is 23.7 Å². The lowest BCUT2D eigenvalue weighted by molar-refractivity contribution is -0.145. The summed E-state index contributed by atoms with van der Waals surface area (Å²) in [6, 6.07) is 5.75. The SMILES string of the molecule is CC[C@H](O)[C@H](F)[C@H](CC(=O)[C@H](C(C)C)C1CC[C@@H](I)O1)C(=O)N(C)[C@@H](C)c1ccc(-c2scnc2C)cc1C. The fraction of sp³-hybridized carbons (Fsp3) is 0.633. The van der Waals surface area contributed by atoms with E-state index in [1.165, 1.54) is 4.90 Å². The van der Waals surface area contributed by atoms with Crippen LogP contribution in [0, 0.1) is 31.6 Å². The maximum atomic E-state index is 15.6. The van der Waals surface area contributed by atoms with E-state index < -0.39 is 30.0 Å². The van der Waals surface area contributed by atoms with Gasteiger partial charge in [0.15, 0.2) is 0 Å². The van der Waals surface area contributed by atoms with E-state index in [2.05, 4.69) is 33.6 Å². The molecule has 0 spiro atoms. The molecule has 1 saturated heterocycles. The number of nitrogens with zero attached hydrogens (tertiary/aromatic N) is 2. The Morgan fingerprint density at radius 3 is 2.46 bits per heavy atom. The molecule has 0 saturated carbocycles. The molecule has 216 valence electrons. The first-order valence-electron chi connectivity index (χ1n) is 13.8. The number of carbonyl (C=O) groups is 2. The number of aryl methyl sites for hydroxylation is 2. The Morgan fingerprint density at radius 1 is 1.26 bits per heavy atom. The monoisotopic (exact) mass is 672 g/mol. The zero-order chi connectivity index (χ0) is 29.0. The number of benzene rings is 1. The number of ether oxygens (including phenoxy) is 1. The second-order valence-corrected chi connectivity index (χ2v) is 13.3. The summed E-state index contributed by atoms with van der Waals surface area (Å²) < 4.78 is 21.7. The van der Waals surface area contributed by atoms with Crippen molar-refractivity contribution in [2.24, 2.45) is 17.8 Å². The average molecular weight is 673 g/mol. The molecule has 39 heavy (non-hydrogen) atoms. The number of hydrogen-bond acceptors (Lipinski definition) is 6. The number of amides is 1. The third kappa shape index (κ3) is 7.45. The second kappa shape index (κ2) is 14.0. The topological polar surface area (TPSA) is 79.7 Å². The van der Waals surface area contributed by atoms with Crippen molar-refractivity contribution in [1.29, 1.82) is 0 Å². The largest absolute Gasteiger partial charge is 0.390 e. The summed E-state index contributed by atoms with van der Waals surface area (Å²) in [7, 11) is 1.65. The van der Waals surface area contributed by atoms with E-state index in [0.717, 1.165) is 40.1 Å². The third-order valence-corrected chi connectivity index (χ3v) is 9.95. The van der Waals surface area contributed by atoms with Gasteiger partial charge < -0.3 is 14.7 Å². The standard InChI is InChI=1S/C30H42FIN2O4S/c1-8-23(35)28(31)22(14-24(36)27(16(2)3)25-11-12-26(32)38-25)30(37)34(7)19(6)21-10-9-20(13-17(21)4)29-18(5)33-15-39-29/h9-10,13,15-16,19,22-23,25-28,35H,8,11-12,14H2,1-7H3/t19-,22-,23-,25?,26-,27-,28+/m0/s1. The van der Waals surface area contributed by atoms with Crippen LogP contribution in [0.4, 0.5) is 4.39 Å². The van der Waals surface area contributed by atoms with E-state index in [-0.39, 0.29) is 40.8 Å². The Labute approximate surface area is 249 Å². The summed E-state index contributed by atoms with van der Waals surface area (Å²) in [6.07, 6.45) is -1.86. The van der Waals surface area contributed by atoms with Gasteiger partial charge in [-0.3, -0.25) is 9.59 Å². The molecule has 7 atom stereocenters. The first-order chi connectivity index (χ1) is 18.4. The number of aliphatic hydroxyl groups excluding tert-OH is 1. The van der Waals surface area contributed by atoms with Crippen LogP contribution in [0.5, 0.6) is 0 Å². The summed E-state index contributed by atoms with van der Waals surface area (Å²) in [5, 5.41) is 10.4. The lowest BCUT2D eigenvalue weighted by Gasteiger charge is -2.34. The number of rotatable bonds is 12. The van der Waals surface area contributed by atoms with E-state index in [1.54, 1.807) is 25.3 Å². The highest BCUT2D eigenvalue weighted by atomic mass is 127. The van der Waals surface area contributed by atoms with Crippen LogP contribution in [0.25, 0.3) is 10.4 Å². The van der Waals surface area contributed by atoms with Crippen LogP contribution in [0.1, 0.15) is 76.2 Å². The molecule has 1 aromatic carbocycles. The van der Waals surface area contributed by atoms with E-state index in [4.69, 9.17) is 4.74 Å². The molecule has 1 aromatic heterocycles. The number of aromatic nitrogens is 1. The Bertz CT molecular complexity index is 1140. The molecule has 2 aromatic rings. The molecular weight excluding hydrogens is 630 g/mol. The lowest BCUT2D eigenvalue weighted by atomic mass is 9.80. The second-order valence-electron chi connectivity index (χ2n) is 11.1. The molecular formula is C30H42FIN2O4S. The van der Waals surface area contributed by atoms with Crippen molar-refractivity contribution in [3.05, 3.63) is 40.5 Å². The molecule has 9 heteroatoms. The Hall–Kier alpha value is -1.43. The molecule has 1 unspecified atom stereocenters. The van der Waals surface area contributed by atoms with Gasteiger partial charge in [0.05, 0.1) is 40.2 Å². The Morgan fingerprint density at radius 2 is 1.95 bits per heavy atom. The molecule has 1 aliphatic heterocycles. The number of hydrogen-bond donors (Lipinski definition) is 1. The smallest absolute Gasteiger partial charge is 0.229 e. The maximum Gasteiger partial charge on any atom is 0.229 e. The van der Waals surface area contributed by atoms with Gasteiger partial charge in [0.25, 0.3) is 0 Å². The van der Waals surface area contributed by atoms with Gasteiger partial charge in [-0.25, -0.2) is 9.37 Å². The van der Waals surface area contributed by atoms with Gasteiger partial charge in [-0.05, 0) is 62.6 Å². The quantitative estimate of drug-likeness (QED) is 0.197. The first-order valence-corrected chi connectivity index (χ1v) is 15.9. The van der Waals surface area contributed by atoms with Crippen molar-refractivity contribution in [3.63, 3.8) is 0 Å².